The largest absolute Gasteiger partial charge is 0.497 e. The molecule has 1 aliphatic heterocycles. The maximum absolute atomic E-state index is 13.4. The Balaban J connectivity index is 1.50. The summed E-state index contributed by atoms with van der Waals surface area (Å²) in [6.07, 6.45) is 1.77. The minimum atomic E-state index is -0.343. The number of carbonyl (C=O) groups is 1. The van der Waals surface area contributed by atoms with Crippen LogP contribution in [0, 0.1) is 5.82 Å². The number of likely N-dealkylation sites (tertiary alicyclic amines) is 1. The Labute approximate surface area is 161 Å². The molecule has 1 aliphatic rings. The fraction of sp³-hybridized carbons (Fsp3) is 0.286. The number of nitrogens with zero attached hydrogens (tertiary/aromatic N) is 3. The van der Waals surface area contributed by atoms with Crippen molar-refractivity contribution in [2.45, 2.75) is 25.3 Å². The number of aromatic nitrogens is 2. The van der Waals surface area contributed by atoms with Crippen LogP contribution in [0.25, 0.3) is 11.4 Å². The zero-order chi connectivity index (χ0) is 19.5. The summed E-state index contributed by atoms with van der Waals surface area (Å²) in [6.45, 7) is 0.624. The number of ether oxygens (including phenoxy) is 1. The van der Waals surface area contributed by atoms with Crippen molar-refractivity contribution in [3.8, 4) is 17.1 Å². The second-order valence-corrected chi connectivity index (χ2v) is 6.74. The first-order chi connectivity index (χ1) is 13.6. The number of amides is 1. The first kappa shape index (κ1) is 18.2. The second-order valence-electron chi connectivity index (χ2n) is 6.74. The summed E-state index contributed by atoms with van der Waals surface area (Å²) in [5.74, 6) is 1.23. The Morgan fingerprint density at radius 2 is 2.11 bits per heavy atom. The molecule has 1 saturated heterocycles. The van der Waals surface area contributed by atoms with Crippen molar-refractivity contribution in [1.82, 2.24) is 15.0 Å². The molecule has 1 fully saturated rings. The summed E-state index contributed by atoms with van der Waals surface area (Å²) < 4.78 is 24.0. The van der Waals surface area contributed by atoms with E-state index in [4.69, 9.17) is 9.26 Å². The highest BCUT2D eigenvalue weighted by atomic mass is 19.1. The Kier molecular flexibility index (Phi) is 5.06. The molecule has 0 unspecified atom stereocenters. The molecule has 3 aromatic rings. The quantitative estimate of drug-likeness (QED) is 0.673. The van der Waals surface area contributed by atoms with E-state index in [1.165, 1.54) is 12.1 Å². The Morgan fingerprint density at radius 1 is 1.29 bits per heavy atom. The van der Waals surface area contributed by atoms with E-state index in [-0.39, 0.29) is 24.2 Å². The minimum Gasteiger partial charge on any atom is -0.497 e. The van der Waals surface area contributed by atoms with Gasteiger partial charge in [0.2, 0.25) is 17.6 Å². The molecule has 1 amide bonds. The summed E-state index contributed by atoms with van der Waals surface area (Å²) in [7, 11) is 1.61. The van der Waals surface area contributed by atoms with Gasteiger partial charge in [0.25, 0.3) is 0 Å². The molecule has 6 nitrogen and oxygen atoms in total. The van der Waals surface area contributed by atoms with Gasteiger partial charge in [-0.3, -0.25) is 4.79 Å². The number of methoxy groups -OCH3 is 1. The Bertz CT molecular complexity index is 971. The molecule has 0 spiro atoms. The maximum Gasteiger partial charge on any atom is 0.249 e. The van der Waals surface area contributed by atoms with Gasteiger partial charge in [0.1, 0.15) is 17.6 Å². The number of hydrogen-bond acceptors (Lipinski definition) is 5. The molecule has 0 saturated carbocycles. The fourth-order valence-electron chi connectivity index (χ4n) is 3.47. The van der Waals surface area contributed by atoms with Gasteiger partial charge in [-0.25, -0.2) is 4.39 Å². The molecule has 1 atom stereocenters. The number of rotatable bonds is 5. The van der Waals surface area contributed by atoms with E-state index in [1.807, 2.05) is 24.3 Å². The van der Waals surface area contributed by atoms with Crippen molar-refractivity contribution in [2.24, 2.45) is 0 Å². The molecule has 0 bridgehead atoms. The highest BCUT2D eigenvalue weighted by molar-refractivity contribution is 5.79. The molecule has 2 heterocycles. The monoisotopic (exact) mass is 381 g/mol. The number of benzene rings is 2. The third kappa shape index (κ3) is 3.74. The van der Waals surface area contributed by atoms with Crippen LogP contribution in [0.4, 0.5) is 4.39 Å². The summed E-state index contributed by atoms with van der Waals surface area (Å²) >= 11 is 0. The van der Waals surface area contributed by atoms with Crippen LogP contribution in [-0.4, -0.2) is 34.6 Å². The van der Waals surface area contributed by atoms with Crippen LogP contribution in [0.3, 0.4) is 0 Å². The lowest BCUT2D eigenvalue weighted by Gasteiger charge is -2.21. The zero-order valence-corrected chi connectivity index (χ0v) is 15.5. The first-order valence-corrected chi connectivity index (χ1v) is 9.16. The van der Waals surface area contributed by atoms with Gasteiger partial charge < -0.3 is 14.2 Å². The van der Waals surface area contributed by atoms with Crippen LogP contribution < -0.4 is 4.74 Å². The minimum absolute atomic E-state index is 0.0719. The molecule has 28 heavy (non-hydrogen) atoms. The van der Waals surface area contributed by atoms with Crippen LogP contribution in [-0.2, 0) is 11.2 Å². The fourth-order valence-corrected chi connectivity index (χ4v) is 3.47. The summed E-state index contributed by atoms with van der Waals surface area (Å²) in [6, 6.07) is 13.2. The molecular weight excluding hydrogens is 361 g/mol. The van der Waals surface area contributed by atoms with E-state index in [2.05, 4.69) is 10.1 Å². The molecule has 4 rings (SSSR count). The van der Waals surface area contributed by atoms with Gasteiger partial charge in [-0.15, -0.1) is 0 Å². The SMILES string of the molecule is COc1ccc(-c2noc([C@H]3CCCN3C(=O)Cc3cccc(F)c3)n2)cc1. The second kappa shape index (κ2) is 7.80. The average molecular weight is 381 g/mol. The molecule has 2 aromatic carbocycles. The van der Waals surface area contributed by atoms with E-state index in [0.29, 0.717) is 23.8 Å². The number of halogens is 1. The van der Waals surface area contributed by atoms with Gasteiger partial charge in [0, 0.05) is 12.1 Å². The molecule has 7 heteroatoms. The summed E-state index contributed by atoms with van der Waals surface area (Å²) in [5, 5.41) is 4.06. The van der Waals surface area contributed by atoms with Gasteiger partial charge in [-0.1, -0.05) is 17.3 Å². The molecule has 0 radical (unpaired) electrons. The van der Waals surface area contributed by atoms with Crippen molar-refractivity contribution < 1.29 is 18.4 Å². The van der Waals surface area contributed by atoms with Gasteiger partial charge in [-0.05, 0) is 54.8 Å². The topological polar surface area (TPSA) is 68.5 Å². The molecule has 144 valence electrons. The highest BCUT2D eigenvalue weighted by Crippen LogP contribution is 2.32. The standard InChI is InChI=1S/C21H20FN3O3/c1-27-17-9-7-15(8-10-17)20-23-21(28-24-20)18-6-3-11-25(18)19(26)13-14-4-2-5-16(22)12-14/h2,4-5,7-10,12,18H,3,6,11,13H2,1H3/t18-/m1/s1. The average Bonchev–Trinajstić information content (AvgIpc) is 3.37. The normalized spacial score (nSPS) is 16.4. The van der Waals surface area contributed by atoms with E-state index in [9.17, 15) is 9.18 Å². The predicted octanol–water partition coefficient (Wildman–Crippen LogP) is 3.79. The Morgan fingerprint density at radius 3 is 2.86 bits per heavy atom. The van der Waals surface area contributed by atoms with E-state index in [0.717, 1.165) is 24.2 Å². The third-order valence-electron chi connectivity index (χ3n) is 4.89. The molecule has 0 N–H and O–H groups in total. The van der Waals surface area contributed by atoms with Gasteiger partial charge in [0.05, 0.1) is 13.5 Å². The lowest BCUT2D eigenvalue weighted by Crippen LogP contribution is -2.32. The van der Waals surface area contributed by atoms with Crippen molar-refractivity contribution in [2.75, 3.05) is 13.7 Å². The lowest BCUT2D eigenvalue weighted by atomic mass is 10.1. The van der Waals surface area contributed by atoms with E-state index in [1.54, 1.807) is 24.1 Å². The lowest BCUT2D eigenvalue weighted by molar-refractivity contribution is -0.131. The summed E-state index contributed by atoms with van der Waals surface area (Å²) in [5.41, 5.74) is 1.46. The van der Waals surface area contributed by atoms with E-state index < -0.39 is 0 Å². The maximum atomic E-state index is 13.4. The van der Waals surface area contributed by atoms with Crippen LogP contribution in [0.1, 0.15) is 30.3 Å². The molecule has 0 aliphatic carbocycles. The Hall–Kier alpha value is -3.22. The van der Waals surface area contributed by atoms with Gasteiger partial charge >= 0.3 is 0 Å². The predicted molar refractivity (Wildman–Crippen MR) is 100 cm³/mol. The van der Waals surface area contributed by atoms with Crippen LogP contribution in [0.5, 0.6) is 5.75 Å². The first-order valence-electron chi connectivity index (χ1n) is 9.16. The van der Waals surface area contributed by atoms with Gasteiger partial charge in [-0.2, -0.15) is 4.98 Å². The highest BCUT2D eigenvalue weighted by Gasteiger charge is 2.34. The van der Waals surface area contributed by atoms with Crippen molar-refractivity contribution >= 4 is 5.91 Å². The number of carbonyl (C=O) groups excluding carboxylic acids is 1. The van der Waals surface area contributed by atoms with Crippen LogP contribution in [0.2, 0.25) is 0 Å². The zero-order valence-electron chi connectivity index (χ0n) is 15.5. The molecule has 1 aromatic heterocycles. The van der Waals surface area contributed by atoms with E-state index >= 15 is 0 Å². The summed E-state index contributed by atoms with van der Waals surface area (Å²) in [4.78, 5) is 19.0. The van der Waals surface area contributed by atoms with Crippen molar-refractivity contribution in [1.29, 1.82) is 0 Å². The molecular formula is C21H20FN3O3. The number of hydrogen-bond donors (Lipinski definition) is 0. The smallest absolute Gasteiger partial charge is 0.249 e. The van der Waals surface area contributed by atoms with Crippen LogP contribution >= 0.6 is 0 Å². The van der Waals surface area contributed by atoms with Gasteiger partial charge in [0.15, 0.2) is 0 Å². The van der Waals surface area contributed by atoms with Crippen molar-refractivity contribution in [3.63, 3.8) is 0 Å². The van der Waals surface area contributed by atoms with Crippen molar-refractivity contribution in [3.05, 3.63) is 65.8 Å². The van der Waals surface area contributed by atoms with Crippen LogP contribution in [0.15, 0.2) is 53.1 Å². The third-order valence-corrected chi connectivity index (χ3v) is 4.89.